The van der Waals surface area contributed by atoms with Gasteiger partial charge in [0.25, 0.3) is 5.56 Å². The summed E-state index contributed by atoms with van der Waals surface area (Å²) in [7, 11) is 1.57. The van der Waals surface area contributed by atoms with Gasteiger partial charge in [-0.3, -0.25) is 9.59 Å². The molecule has 4 aromatic rings. The highest BCUT2D eigenvalue weighted by Gasteiger charge is 2.24. The van der Waals surface area contributed by atoms with Gasteiger partial charge in [0.1, 0.15) is 29.0 Å². The first-order valence-electron chi connectivity index (χ1n) is 10.5. The highest BCUT2D eigenvalue weighted by molar-refractivity contribution is 5.95. The fraction of sp³-hybridized carbons (Fsp3) is 0.250. The number of nitrogens with zero attached hydrogens (tertiary/aromatic N) is 3. The summed E-state index contributed by atoms with van der Waals surface area (Å²) in [6.07, 6.45) is 0. The van der Waals surface area contributed by atoms with Gasteiger partial charge in [-0.1, -0.05) is 17.3 Å². The molecule has 2 aromatic heterocycles. The van der Waals surface area contributed by atoms with Crippen LogP contribution in [0.5, 0.6) is 11.5 Å². The fourth-order valence-electron chi connectivity index (χ4n) is 3.50. The fourth-order valence-corrected chi connectivity index (χ4v) is 3.50. The predicted octanol–water partition coefficient (Wildman–Crippen LogP) is 3.97. The first-order chi connectivity index (χ1) is 15.9. The minimum Gasteiger partial charge on any atom is -0.497 e. The second-order valence-corrected chi connectivity index (χ2v) is 7.42. The zero-order valence-electron chi connectivity index (χ0n) is 18.8. The molecule has 1 amide bonds. The summed E-state index contributed by atoms with van der Waals surface area (Å²) in [5.41, 5.74) is 1.36. The highest BCUT2D eigenvalue weighted by atomic mass is 16.5. The molecule has 0 spiro atoms. The van der Waals surface area contributed by atoms with Crippen molar-refractivity contribution >= 4 is 22.5 Å². The molecule has 0 aliphatic rings. The summed E-state index contributed by atoms with van der Waals surface area (Å²) in [6, 6.07) is 13.4. The first kappa shape index (κ1) is 22.1. The quantitative estimate of drug-likeness (QED) is 0.456. The van der Waals surface area contributed by atoms with Crippen molar-refractivity contribution in [3.05, 3.63) is 64.6 Å². The number of carbonyl (C=O) groups excluding carboxylic acids is 1. The number of fused-ring (bicyclic) bond motifs is 1. The Balaban J connectivity index is 1.73. The van der Waals surface area contributed by atoms with Gasteiger partial charge in [0.05, 0.1) is 19.1 Å². The lowest BCUT2D eigenvalue weighted by Gasteiger charge is -2.16. The summed E-state index contributed by atoms with van der Waals surface area (Å²) in [5.74, 6) is 1.41. The van der Waals surface area contributed by atoms with Crippen LogP contribution in [0.2, 0.25) is 0 Å². The van der Waals surface area contributed by atoms with Crippen LogP contribution in [-0.2, 0) is 4.79 Å². The van der Waals surface area contributed by atoms with Crippen LogP contribution in [0.1, 0.15) is 25.6 Å². The van der Waals surface area contributed by atoms with Crippen LogP contribution in [0.4, 0.5) is 5.69 Å². The van der Waals surface area contributed by atoms with E-state index in [1.807, 2.05) is 25.1 Å². The van der Waals surface area contributed by atoms with Crippen molar-refractivity contribution < 1.29 is 18.8 Å². The average molecular weight is 448 g/mol. The van der Waals surface area contributed by atoms with E-state index in [1.165, 1.54) is 0 Å². The molecule has 9 heteroatoms. The van der Waals surface area contributed by atoms with Gasteiger partial charge in [0.2, 0.25) is 5.91 Å². The van der Waals surface area contributed by atoms with E-state index in [0.29, 0.717) is 46.2 Å². The molecule has 1 atom stereocenters. The van der Waals surface area contributed by atoms with E-state index in [2.05, 4.69) is 15.6 Å². The van der Waals surface area contributed by atoms with Crippen LogP contribution in [0.3, 0.4) is 0 Å². The molecule has 1 N–H and O–H groups in total. The van der Waals surface area contributed by atoms with Gasteiger partial charge >= 0.3 is 0 Å². The number of anilines is 1. The van der Waals surface area contributed by atoms with Crippen LogP contribution >= 0.6 is 0 Å². The molecule has 2 aromatic carbocycles. The third kappa shape index (κ3) is 4.30. The average Bonchev–Trinajstić information content (AvgIpc) is 3.22. The van der Waals surface area contributed by atoms with Gasteiger partial charge in [-0.15, -0.1) is 0 Å². The first-order valence-corrected chi connectivity index (χ1v) is 10.5. The van der Waals surface area contributed by atoms with E-state index < -0.39 is 17.5 Å². The lowest BCUT2D eigenvalue weighted by molar-refractivity contribution is -0.119. The van der Waals surface area contributed by atoms with Crippen LogP contribution in [0, 0.1) is 6.92 Å². The zero-order valence-corrected chi connectivity index (χ0v) is 18.8. The van der Waals surface area contributed by atoms with Crippen molar-refractivity contribution in [2.24, 2.45) is 0 Å². The number of methoxy groups -OCH3 is 1. The Labute approximate surface area is 189 Å². The van der Waals surface area contributed by atoms with E-state index in [1.54, 1.807) is 51.3 Å². The second kappa shape index (κ2) is 9.15. The van der Waals surface area contributed by atoms with Gasteiger partial charge in [-0.25, -0.2) is 4.68 Å². The molecule has 0 fully saturated rings. The molecule has 9 nitrogen and oxygen atoms in total. The largest absolute Gasteiger partial charge is 0.497 e. The van der Waals surface area contributed by atoms with Gasteiger partial charge in [-0.05, 0) is 57.2 Å². The Morgan fingerprint density at radius 2 is 1.94 bits per heavy atom. The predicted molar refractivity (Wildman–Crippen MR) is 124 cm³/mol. The monoisotopic (exact) mass is 448 g/mol. The topological polar surface area (TPSA) is 108 Å². The Morgan fingerprint density at radius 1 is 1.18 bits per heavy atom. The van der Waals surface area contributed by atoms with Crippen molar-refractivity contribution in [3.63, 3.8) is 0 Å². The molecule has 0 saturated heterocycles. The number of benzene rings is 2. The van der Waals surface area contributed by atoms with Crippen molar-refractivity contribution in [2.45, 2.75) is 26.8 Å². The van der Waals surface area contributed by atoms with E-state index in [0.717, 1.165) is 4.68 Å². The number of aryl methyl sites for hydroxylation is 1. The lowest BCUT2D eigenvalue weighted by atomic mass is 10.1. The molecule has 0 aliphatic heterocycles. The Morgan fingerprint density at radius 3 is 2.64 bits per heavy atom. The number of carbonyl (C=O) groups is 1. The maximum atomic E-state index is 13.1. The molecule has 0 aliphatic carbocycles. The maximum absolute atomic E-state index is 13.1. The van der Waals surface area contributed by atoms with Gasteiger partial charge in [-0.2, -0.15) is 5.10 Å². The lowest BCUT2D eigenvalue weighted by Crippen LogP contribution is -2.34. The molecular formula is C24H24N4O5. The molecule has 2 heterocycles. The molecular weight excluding hydrogens is 424 g/mol. The van der Waals surface area contributed by atoms with E-state index in [-0.39, 0.29) is 5.52 Å². The summed E-state index contributed by atoms with van der Waals surface area (Å²) < 4.78 is 17.2. The summed E-state index contributed by atoms with van der Waals surface area (Å²) in [5, 5.41) is 11.8. The smallest absolute Gasteiger partial charge is 0.297 e. The number of nitrogens with one attached hydrogen (secondary N) is 1. The SMILES string of the molecule is CCOc1ccc(NC(=O)[C@@H](C)n2nc(-c3cccc(OC)c3)c3c(C)onc3c2=O)cc1. The van der Waals surface area contributed by atoms with Gasteiger partial charge in [0, 0.05) is 11.3 Å². The highest BCUT2D eigenvalue weighted by Crippen LogP contribution is 2.30. The molecule has 0 unspecified atom stereocenters. The van der Waals surface area contributed by atoms with Crippen molar-refractivity contribution in [1.82, 2.24) is 14.9 Å². The number of amides is 1. The number of ether oxygens (including phenoxy) is 2. The molecule has 33 heavy (non-hydrogen) atoms. The van der Waals surface area contributed by atoms with Crippen molar-refractivity contribution in [2.75, 3.05) is 19.0 Å². The molecule has 0 radical (unpaired) electrons. The summed E-state index contributed by atoms with van der Waals surface area (Å²) in [4.78, 5) is 26.1. The van der Waals surface area contributed by atoms with Gasteiger partial charge in [0.15, 0.2) is 5.52 Å². The standard InChI is InChI=1S/C24H24N4O5/c1-5-32-18-11-9-17(10-12-18)25-23(29)14(2)28-24(30)22-20(15(3)33-27-22)21(26-28)16-7-6-8-19(13-16)31-4/h6-14H,5H2,1-4H3,(H,25,29)/t14-/m1/s1. The maximum Gasteiger partial charge on any atom is 0.297 e. The third-order valence-electron chi connectivity index (χ3n) is 5.24. The number of rotatable bonds is 7. The molecule has 0 saturated carbocycles. The van der Waals surface area contributed by atoms with Crippen molar-refractivity contribution in [1.29, 1.82) is 0 Å². The van der Waals surface area contributed by atoms with E-state index in [9.17, 15) is 9.59 Å². The van der Waals surface area contributed by atoms with Crippen LogP contribution in [0.25, 0.3) is 22.2 Å². The van der Waals surface area contributed by atoms with Crippen LogP contribution < -0.4 is 20.3 Å². The Hall–Kier alpha value is -4.14. The zero-order chi connectivity index (χ0) is 23.5. The minimum absolute atomic E-state index is 0.112. The molecule has 170 valence electrons. The number of hydrogen-bond donors (Lipinski definition) is 1. The van der Waals surface area contributed by atoms with Crippen molar-refractivity contribution in [3.8, 4) is 22.8 Å². The Bertz CT molecular complexity index is 1360. The summed E-state index contributed by atoms with van der Waals surface area (Å²) >= 11 is 0. The van der Waals surface area contributed by atoms with Crippen LogP contribution in [-0.4, -0.2) is 34.6 Å². The minimum atomic E-state index is -0.908. The number of aromatic nitrogens is 3. The van der Waals surface area contributed by atoms with Crippen LogP contribution in [0.15, 0.2) is 57.8 Å². The second-order valence-electron chi connectivity index (χ2n) is 7.42. The summed E-state index contributed by atoms with van der Waals surface area (Å²) in [6.45, 7) is 5.77. The third-order valence-corrected chi connectivity index (χ3v) is 5.24. The molecule has 0 bridgehead atoms. The normalized spacial score (nSPS) is 11.9. The van der Waals surface area contributed by atoms with E-state index >= 15 is 0 Å². The Kier molecular flexibility index (Phi) is 6.12. The molecule has 4 rings (SSSR count). The number of hydrogen-bond acceptors (Lipinski definition) is 7. The van der Waals surface area contributed by atoms with Gasteiger partial charge < -0.3 is 19.3 Å². The van der Waals surface area contributed by atoms with E-state index in [4.69, 9.17) is 14.0 Å².